The standard InChI is InChI=1S/C49H66ClN11O6S/c1-7-33-28-42(53-49-51-31-40(50)47(55-49)52-41-14-12-38(66-4)29-44(41)57(3)68(6,64)65)45(67-5)30-43(33)60-19-16-36(17-20-60)59-26-24-58(25-27-59)23-22-56(2)37-18-21-61(32-37)35-10-8-34(9-11-35)39-13-15-46(62)54-48(39)63/h8-12,14,28-31,36-37,39H,7,13,15-27,32H2,1-6H3,(H,54,62,63)(H2,51,52,53,55)/t37-,39?/m0/s1. The summed E-state index contributed by atoms with van der Waals surface area (Å²) in [5, 5.41) is 9.27. The fraction of sp³-hybridized carbons (Fsp3) is 0.510. The molecule has 68 heavy (non-hydrogen) atoms. The fourth-order valence-corrected chi connectivity index (χ4v) is 10.6. The molecule has 2 amide bonds. The summed E-state index contributed by atoms with van der Waals surface area (Å²) in [6.45, 7) is 12.6. The van der Waals surface area contributed by atoms with Crippen molar-refractivity contribution in [1.82, 2.24) is 30.0 Å². The van der Waals surface area contributed by atoms with Gasteiger partial charge in [-0.1, -0.05) is 30.7 Å². The van der Waals surface area contributed by atoms with Gasteiger partial charge < -0.3 is 34.8 Å². The zero-order chi connectivity index (χ0) is 48.1. The van der Waals surface area contributed by atoms with Crippen LogP contribution in [0.2, 0.25) is 5.02 Å². The van der Waals surface area contributed by atoms with Crippen LogP contribution < -0.4 is 39.5 Å². The van der Waals surface area contributed by atoms with Crippen molar-refractivity contribution in [2.24, 2.45) is 0 Å². The average Bonchev–Trinajstić information content (AvgIpc) is 3.85. The molecule has 8 rings (SSSR count). The molecule has 4 saturated heterocycles. The maximum atomic E-state index is 12.5. The second kappa shape index (κ2) is 21.5. The van der Waals surface area contributed by atoms with Crippen LogP contribution in [0.5, 0.6) is 11.5 Å². The van der Waals surface area contributed by atoms with Crippen molar-refractivity contribution < 1.29 is 27.5 Å². The van der Waals surface area contributed by atoms with Gasteiger partial charge in [-0.15, -0.1) is 0 Å². The van der Waals surface area contributed by atoms with E-state index in [2.05, 4.69) is 101 Å². The number of amides is 2. The predicted octanol–water partition coefficient (Wildman–Crippen LogP) is 5.91. The second-order valence-corrected chi connectivity index (χ2v) is 20.8. The average molecular weight is 973 g/mol. The number of piperidine rings is 2. The minimum Gasteiger partial charge on any atom is -0.497 e. The summed E-state index contributed by atoms with van der Waals surface area (Å²) in [5.41, 5.74) is 6.10. The molecule has 5 heterocycles. The van der Waals surface area contributed by atoms with Gasteiger partial charge in [-0.05, 0) is 80.6 Å². The molecule has 3 aromatic carbocycles. The summed E-state index contributed by atoms with van der Waals surface area (Å²) in [6.07, 6.45) is 7.77. The van der Waals surface area contributed by atoms with Crippen LogP contribution in [0.4, 0.5) is 40.2 Å². The zero-order valence-electron chi connectivity index (χ0n) is 40.1. The Kier molecular flexibility index (Phi) is 15.5. The van der Waals surface area contributed by atoms with Crippen LogP contribution >= 0.6 is 11.6 Å². The number of nitrogens with one attached hydrogen (secondary N) is 3. The topological polar surface area (TPSA) is 168 Å². The lowest BCUT2D eigenvalue weighted by atomic mass is 9.90. The molecule has 3 N–H and O–H groups in total. The van der Waals surface area contributed by atoms with Gasteiger partial charge in [0.1, 0.15) is 16.5 Å². The Balaban J connectivity index is 0.807. The predicted molar refractivity (Wildman–Crippen MR) is 270 cm³/mol. The molecule has 2 atom stereocenters. The first-order chi connectivity index (χ1) is 32.7. The highest BCUT2D eigenvalue weighted by Crippen LogP contribution is 2.39. The van der Waals surface area contributed by atoms with Gasteiger partial charge in [-0.3, -0.25) is 29.0 Å². The van der Waals surface area contributed by atoms with Crippen LogP contribution in [-0.4, -0.2) is 157 Å². The maximum Gasteiger partial charge on any atom is 0.234 e. The molecular formula is C49H66ClN11O6S. The number of aryl methyl sites for hydroxylation is 1. The maximum absolute atomic E-state index is 12.5. The van der Waals surface area contributed by atoms with Crippen LogP contribution in [0.15, 0.2) is 60.8 Å². The first-order valence-electron chi connectivity index (χ1n) is 23.7. The van der Waals surface area contributed by atoms with E-state index < -0.39 is 10.0 Å². The molecule has 17 nitrogen and oxygen atoms in total. The van der Waals surface area contributed by atoms with Crippen LogP contribution in [0.1, 0.15) is 56.1 Å². The number of sulfonamides is 1. The van der Waals surface area contributed by atoms with E-state index >= 15 is 0 Å². The molecule has 0 bridgehead atoms. The lowest BCUT2D eigenvalue weighted by Gasteiger charge is -2.44. The Bertz CT molecular complexity index is 2540. The van der Waals surface area contributed by atoms with E-state index in [4.69, 9.17) is 21.1 Å². The molecule has 1 aromatic heterocycles. The smallest absolute Gasteiger partial charge is 0.234 e. The number of aromatic nitrogens is 2. The number of carbonyl (C=O) groups is 2. The third-order valence-corrected chi connectivity index (χ3v) is 15.7. The largest absolute Gasteiger partial charge is 0.497 e. The van der Waals surface area contributed by atoms with E-state index in [9.17, 15) is 18.0 Å². The van der Waals surface area contributed by atoms with E-state index in [0.717, 1.165) is 109 Å². The number of anilines is 7. The van der Waals surface area contributed by atoms with Crippen molar-refractivity contribution >= 4 is 73.6 Å². The van der Waals surface area contributed by atoms with Gasteiger partial charge in [0.15, 0.2) is 5.82 Å². The number of halogens is 1. The molecule has 0 aliphatic carbocycles. The molecule has 4 aliphatic rings. The van der Waals surface area contributed by atoms with Gasteiger partial charge in [0.2, 0.25) is 27.8 Å². The Morgan fingerprint density at radius 2 is 1.60 bits per heavy atom. The van der Waals surface area contributed by atoms with Crippen molar-refractivity contribution in [1.29, 1.82) is 0 Å². The SMILES string of the molecule is CCc1cc(Nc2ncc(Cl)c(Nc3ccc(OC)cc3N(C)S(C)(=O)=O)n2)c(OC)cc1N1CCC(N2CCN(CCN(C)[C@H]3CCN(c4ccc(C5CCC(=O)NC5=O)cc4)C3)CC2)CC1. The van der Waals surface area contributed by atoms with E-state index in [1.165, 1.54) is 41.6 Å². The number of likely N-dealkylation sites (N-methyl/N-ethyl adjacent to an activating group) is 1. The molecule has 0 saturated carbocycles. The lowest BCUT2D eigenvalue weighted by Crippen LogP contribution is -2.54. The summed E-state index contributed by atoms with van der Waals surface area (Å²) in [7, 11) is 3.34. The molecule has 19 heteroatoms. The number of imide groups is 1. The number of ether oxygens (including phenoxy) is 2. The summed E-state index contributed by atoms with van der Waals surface area (Å²) in [6, 6.07) is 18.7. The van der Waals surface area contributed by atoms with Crippen molar-refractivity contribution in [2.75, 3.05) is 125 Å². The monoisotopic (exact) mass is 971 g/mol. The summed E-state index contributed by atoms with van der Waals surface area (Å²) < 4.78 is 37.4. The first-order valence-corrected chi connectivity index (χ1v) is 25.9. The normalized spacial score (nSPS) is 19.9. The molecule has 0 spiro atoms. The highest BCUT2D eigenvalue weighted by atomic mass is 35.5. The zero-order valence-corrected chi connectivity index (χ0v) is 41.7. The van der Waals surface area contributed by atoms with Crippen LogP contribution in [0, 0.1) is 0 Å². The molecule has 366 valence electrons. The summed E-state index contributed by atoms with van der Waals surface area (Å²) in [5.74, 6) is 1.14. The van der Waals surface area contributed by atoms with Gasteiger partial charge in [-0.2, -0.15) is 4.98 Å². The van der Waals surface area contributed by atoms with Crippen molar-refractivity contribution in [3.63, 3.8) is 0 Å². The van der Waals surface area contributed by atoms with Crippen molar-refractivity contribution in [2.45, 2.75) is 63.5 Å². The number of carbonyl (C=O) groups excluding carboxylic acids is 2. The lowest BCUT2D eigenvalue weighted by molar-refractivity contribution is -0.134. The van der Waals surface area contributed by atoms with Crippen LogP contribution in [-0.2, 0) is 26.0 Å². The van der Waals surface area contributed by atoms with Crippen LogP contribution in [0.25, 0.3) is 0 Å². The van der Waals surface area contributed by atoms with Gasteiger partial charge >= 0.3 is 0 Å². The van der Waals surface area contributed by atoms with Gasteiger partial charge in [-0.25, -0.2) is 13.4 Å². The molecule has 0 radical (unpaired) electrons. The summed E-state index contributed by atoms with van der Waals surface area (Å²) >= 11 is 6.57. The second-order valence-electron chi connectivity index (χ2n) is 18.3. The third kappa shape index (κ3) is 11.4. The van der Waals surface area contributed by atoms with E-state index in [1.807, 2.05) is 0 Å². The van der Waals surface area contributed by atoms with E-state index in [-0.39, 0.29) is 22.8 Å². The Morgan fingerprint density at radius 1 is 0.868 bits per heavy atom. The number of nitrogens with zero attached hydrogens (tertiary/aromatic N) is 8. The number of benzene rings is 3. The number of piperazine rings is 1. The van der Waals surface area contributed by atoms with E-state index in [1.54, 1.807) is 25.3 Å². The Labute approximate surface area is 406 Å². The summed E-state index contributed by atoms with van der Waals surface area (Å²) in [4.78, 5) is 45.9. The Morgan fingerprint density at radius 3 is 2.28 bits per heavy atom. The minimum atomic E-state index is -3.58. The number of methoxy groups -OCH3 is 2. The molecular weight excluding hydrogens is 906 g/mol. The third-order valence-electron chi connectivity index (χ3n) is 14.3. The first kappa shape index (κ1) is 49.0. The highest BCUT2D eigenvalue weighted by molar-refractivity contribution is 7.92. The highest BCUT2D eigenvalue weighted by Gasteiger charge is 2.32. The number of hydrogen-bond acceptors (Lipinski definition) is 15. The van der Waals surface area contributed by atoms with Gasteiger partial charge in [0.25, 0.3) is 0 Å². The molecule has 1 unspecified atom stereocenters. The number of rotatable bonds is 17. The quantitative estimate of drug-likeness (QED) is 0.107. The van der Waals surface area contributed by atoms with Gasteiger partial charge in [0, 0.05) is 115 Å². The van der Waals surface area contributed by atoms with Crippen LogP contribution in [0.3, 0.4) is 0 Å². The Hall–Kier alpha value is -5.40. The fourth-order valence-electron chi connectivity index (χ4n) is 9.98. The van der Waals surface area contributed by atoms with Crippen molar-refractivity contribution in [3.8, 4) is 11.5 Å². The minimum absolute atomic E-state index is 0.180. The van der Waals surface area contributed by atoms with Gasteiger partial charge in [0.05, 0.1) is 49.7 Å². The number of hydrogen-bond donors (Lipinski definition) is 3. The van der Waals surface area contributed by atoms with Crippen molar-refractivity contribution in [3.05, 3.63) is 76.9 Å². The molecule has 4 fully saturated rings. The van der Waals surface area contributed by atoms with E-state index in [0.29, 0.717) is 59.6 Å². The molecule has 4 aliphatic heterocycles. The molecule has 4 aromatic rings.